The summed E-state index contributed by atoms with van der Waals surface area (Å²) in [6, 6.07) is 5.82. The van der Waals surface area contributed by atoms with Crippen LogP contribution in [0.25, 0.3) is 0 Å². The highest BCUT2D eigenvalue weighted by molar-refractivity contribution is 7.17. The summed E-state index contributed by atoms with van der Waals surface area (Å²) in [6.45, 7) is 1.37. The monoisotopic (exact) mass is 482 g/mol. The highest BCUT2D eigenvalue weighted by Gasteiger charge is 2.28. The number of hydrogen-bond donors (Lipinski definition) is 1. The van der Waals surface area contributed by atoms with Crippen LogP contribution in [0.15, 0.2) is 36.4 Å². The van der Waals surface area contributed by atoms with Crippen molar-refractivity contribution < 1.29 is 33.4 Å². The molecule has 9 nitrogen and oxygen atoms in total. The van der Waals surface area contributed by atoms with E-state index in [0.717, 1.165) is 53.2 Å². The summed E-state index contributed by atoms with van der Waals surface area (Å²) in [6.07, 6.45) is 5.86. The van der Waals surface area contributed by atoms with E-state index >= 15 is 0 Å². The molecule has 1 aromatic carbocycles. The van der Waals surface area contributed by atoms with Gasteiger partial charge in [0.1, 0.15) is 5.00 Å². The van der Waals surface area contributed by atoms with E-state index in [1.54, 1.807) is 6.92 Å². The van der Waals surface area contributed by atoms with Crippen LogP contribution >= 0.6 is 11.3 Å². The van der Waals surface area contributed by atoms with Gasteiger partial charge in [-0.25, -0.2) is 14.5 Å². The first kappa shape index (κ1) is 23.4. The Morgan fingerprint density at radius 3 is 2.50 bits per heavy atom. The van der Waals surface area contributed by atoms with Crippen molar-refractivity contribution in [2.75, 3.05) is 23.4 Å². The lowest BCUT2D eigenvalue weighted by molar-refractivity contribution is -0.120. The number of hydrogen-bond acceptors (Lipinski definition) is 8. The van der Waals surface area contributed by atoms with Crippen LogP contribution in [0, 0.1) is 0 Å². The Labute approximate surface area is 199 Å². The van der Waals surface area contributed by atoms with E-state index in [1.807, 2.05) is 0 Å². The molecule has 0 unspecified atom stereocenters. The van der Waals surface area contributed by atoms with E-state index in [0.29, 0.717) is 10.6 Å². The highest BCUT2D eigenvalue weighted by Crippen LogP contribution is 2.38. The lowest BCUT2D eigenvalue weighted by Gasteiger charge is -2.14. The zero-order chi connectivity index (χ0) is 24.2. The van der Waals surface area contributed by atoms with Crippen LogP contribution in [0.3, 0.4) is 0 Å². The maximum absolute atomic E-state index is 12.5. The van der Waals surface area contributed by atoms with Crippen LogP contribution in [0.1, 0.15) is 50.9 Å². The molecule has 0 atom stereocenters. The smallest absolute Gasteiger partial charge is 0.341 e. The van der Waals surface area contributed by atoms with Gasteiger partial charge in [-0.1, -0.05) is 6.07 Å². The molecule has 34 heavy (non-hydrogen) atoms. The van der Waals surface area contributed by atoms with Gasteiger partial charge in [-0.3, -0.25) is 14.4 Å². The maximum Gasteiger partial charge on any atom is 0.341 e. The Morgan fingerprint density at radius 1 is 1.03 bits per heavy atom. The second-order valence-corrected chi connectivity index (χ2v) is 8.76. The van der Waals surface area contributed by atoms with E-state index in [9.17, 15) is 24.0 Å². The summed E-state index contributed by atoms with van der Waals surface area (Å²) >= 11 is 1.34. The summed E-state index contributed by atoms with van der Waals surface area (Å²) in [4.78, 5) is 63.2. The molecule has 1 aliphatic carbocycles. The number of thiophene rings is 1. The SMILES string of the molecule is CCOC(=O)c1c(NC(=O)COC(=O)c2cccc(N3C(=O)C=CC3=O)c2)sc2c1CCCC2. The number of nitrogens with zero attached hydrogens (tertiary/aromatic N) is 1. The number of carbonyl (C=O) groups is 5. The fraction of sp³-hybridized carbons (Fsp3) is 0.292. The number of anilines is 2. The number of aryl methyl sites for hydroxylation is 1. The number of nitrogens with one attached hydrogen (secondary N) is 1. The fourth-order valence-corrected chi connectivity index (χ4v) is 5.17. The number of fused-ring (bicyclic) bond motifs is 1. The molecule has 0 radical (unpaired) electrons. The summed E-state index contributed by atoms with van der Waals surface area (Å²) in [7, 11) is 0. The summed E-state index contributed by atoms with van der Waals surface area (Å²) in [5.41, 5.74) is 1.60. The lowest BCUT2D eigenvalue weighted by Crippen LogP contribution is -2.29. The number of rotatable bonds is 7. The molecule has 0 saturated carbocycles. The fourth-order valence-electron chi connectivity index (χ4n) is 3.88. The molecular formula is C24H22N2O7S. The molecule has 0 bridgehead atoms. The van der Waals surface area contributed by atoms with Crippen molar-refractivity contribution in [3.63, 3.8) is 0 Å². The first-order valence-corrected chi connectivity index (χ1v) is 11.7. The zero-order valence-corrected chi connectivity index (χ0v) is 19.2. The molecule has 176 valence electrons. The van der Waals surface area contributed by atoms with E-state index < -0.39 is 36.3 Å². The average Bonchev–Trinajstić information content (AvgIpc) is 3.36. The van der Waals surface area contributed by atoms with Crippen molar-refractivity contribution in [2.45, 2.75) is 32.6 Å². The van der Waals surface area contributed by atoms with Gasteiger partial charge >= 0.3 is 11.9 Å². The molecule has 1 aromatic heterocycles. The van der Waals surface area contributed by atoms with Crippen LogP contribution in [0.5, 0.6) is 0 Å². The number of ether oxygens (including phenoxy) is 2. The first-order valence-electron chi connectivity index (χ1n) is 10.8. The van der Waals surface area contributed by atoms with E-state index in [-0.39, 0.29) is 17.9 Å². The van der Waals surface area contributed by atoms with E-state index in [2.05, 4.69) is 5.32 Å². The predicted molar refractivity (Wildman–Crippen MR) is 124 cm³/mol. The predicted octanol–water partition coefficient (Wildman–Crippen LogP) is 3.03. The Bertz CT molecular complexity index is 1200. The number of benzene rings is 1. The van der Waals surface area contributed by atoms with Gasteiger partial charge in [-0.2, -0.15) is 0 Å². The number of esters is 2. The van der Waals surface area contributed by atoms with Crippen molar-refractivity contribution >= 4 is 51.7 Å². The van der Waals surface area contributed by atoms with E-state index in [1.165, 1.54) is 35.6 Å². The minimum Gasteiger partial charge on any atom is -0.462 e. The van der Waals surface area contributed by atoms with Gasteiger partial charge in [0.05, 0.1) is 23.4 Å². The molecule has 0 spiro atoms. The molecule has 2 heterocycles. The molecule has 4 rings (SSSR count). The molecule has 0 saturated heterocycles. The lowest BCUT2D eigenvalue weighted by atomic mass is 9.95. The normalized spacial score (nSPS) is 14.7. The van der Waals surface area contributed by atoms with Crippen molar-refractivity contribution in [1.29, 1.82) is 0 Å². The van der Waals surface area contributed by atoms with Crippen molar-refractivity contribution in [3.05, 3.63) is 58.0 Å². The second kappa shape index (κ2) is 10.0. The van der Waals surface area contributed by atoms with Crippen LogP contribution < -0.4 is 10.2 Å². The molecule has 0 fully saturated rings. The maximum atomic E-state index is 12.5. The molecule has 2 aromatic rings. The number of imide groups is 1. The van der Waals surface area contributed by atoms with Crippen LogP contribution in [0.4, 0.5) is 10.7 Å². The minimum absolute atomic E-state index is 0.0802. The van der Waals surface area contributed by atoms with Crippen LogP contribution in [-0.2, 0) is 36.7 Å². The van der Waals surface area contributed by atoms with Crippen LogP contribution in [-0.4, -0.2) is 42.9 Å². The molecule has 10 heteroatoms. The van der Waals surface area contributed by atoms with Gasteiger partial charge in [0.15, 0.2) is 6.61 Å². The van der Waals surface area contributed by atoms with Crippen LogP contribution in [0.2, 0.25) is 0 Å². The Kier molecular flexibility index (Phi) is 6.87. The van der Waals surface area contributed by atoms with Gasteiger partial charge in [-0.15, -0.1) is 11.3 Å². The zero-order valence-electron chi connectivity index (χ0n) is 18.4. The van der Waals surface area contributed by atoms with Crippen molar-refractivity contribution in [2.24, 2.45) is 0 Å². The first-order chi connectivity index (χ1) is 16.4. The number of amides is 3. The average molecular weight is 483 g/mol. The Morgan fingerprint density at radius 2 is 1.76 bits per heavy atom. The Hall–Kier alpha value is -3.79. The summed E-state index contributed by atoms with van der Waals surface area (Å²) in [5.74, 6) is -2.88. The summed E-state index contributed by atoms with van der Waals surface area (Å²) < 4.78 is 10.3. The third kappa shape index (κ3) is 4.76. The van der Waals surface area contributed by atoms with Gasteiger partial charge < -0.3 is 14.8 Å². The topological polar surface area (TPSA) is 119 Å². The third-order valence-electron chi connectivity index (χ3n) is 5.39. The standard InChI is InChI=1S/C24H22N2O7S/c1-2-32-24(31)21-16-8-3-4-9-17(16)34-22(21)25-18(27)13-33-23(30)14-6-5-7-15(12-14)26-19(28)10-11-20(26)29/h5-7,10-12H,2-4,8-9,13H2,1H3,(H,25,27). The number of carbonyl (C=O) groups excluding carboxylic acids is 5. The molecule has 2 aliphatic rings. The quantitative estimate of drug-likeness (QED) is 0.476. The largest absolute Gasteiger partial charge is 0.462 e. The third-order valence-corrected chi connectivity index (χ3v) is 6.59. The highest BCUT2D eigenvalue weighted by atomic mass is 32.1. The van der Waals surface area contributed by atoms with E-state index in [4.69, 9.17) is 9.47 Å². The van der Waals surface area contributed by atoms with Gasteiger partial charge in [0, 0.05) is 17.0 Å². The molecule has 1 aliphatic heterocycles. The van der Waals surface area contributed by atoms with Gasteiger partial charge in [0.2, 0.25) is 0 Å². The molecule has 3 amide bonds. The minimum atomic E-state index is -0.792. The molecule has 1 N–H and O–H groups in total. The second-order valence-electron chi connectivity index (χ2n) is 7.66. The summed E-state index contributed by atoms with van der Waals surface area (Å²) in [5, 5.41) is 3.07. The Balaban J connectivity index is 1.42. The van der Waals surface area contributed by atoms with Crippen molar-refractivity contribution in [3.8, 4) is 0 Å². The molecular weight excluding hydrogens is 460 g/mol. The van der Waals surface area contributed by atoms with Gasteiger partial charge in [0.25, 0.3) is 17.7 Å². The van der Waals surface area contributed by atoms with Crippen molar-refractivity contribution in [1.82, 2.24) is 0 Å². The van der Waals surface area contributed by atoms with Gasteiger partial charge in [-0.05, 0) is 56.4 Å².